The highest BCUT2D eigenvalue weighted by Gasteiger charge is 2.26. The maximum absolute atomic E-state index is 12.2. The van der Waals surface area contributed by atoms with Gasteiger partial charge >= 0.3 is 0 Å². The molecular weight excluding hydrogens is 238 g/mol. The molecule has 1 aliphatic rings. The second kappa shape index (κ2) is 5.12. The Morgan fingerprint density at radius 3 is 2.82 bits per heavy atom. The molecule has 0 radical (unpaired) electrons. The first-order valence-corrected chi connectivity index (χ1v) is 7.29. The van der Waals surface area contributed by atoms with Gasteiger partial charge < -0.3 is 5.32 Å². The van der Waals surface area contributed by atoms with Crippen molar-refractivity contribution >= 4 is 10.0 Å². The molecule has 1 aromatic heterocycles. The molecule has 1 aromatic rings. The van der Waals surface area contributed by atoms with Gasteiger partial charge in [-0.25, -0.2) is 8.42 Å². The number of hydrogen-bond acceptors (Lipinski definition) is 4. The molecule has 0 bridgehead atoms. The van der Waals surface area contributed by atoms with Crippen LogP contribution in [0.15, 0.2) is 24.5 Å². The van der Waals surface area contributed by atoms with E-state index in [4.69, 9.17) is 0 Å². The lowest BCUT2D eigenvalue weighted by Crippen LogP contribution is -2.51. The highest BCUT2D eigenvalue weighted by atomic mass is 32.2. The zero-order chi connectivity index (χ0) is 12.3. The van der Waals surface area contributed by atoms with Crippen LogP contribution in [0, 0.1) is 0 Å². The molecule has 2 heterocycles. The fourth-order valence-corrected chi connectivity index (χ4v) is 3.55. The highest BCUT2D eigenvalue weighted by Crippen LogP contribution is 2.12. The number of pyridine rings is 1. The summed E-state index contributed by atoms with van der Waals surface area (Å²) in [5, 5.41) is 3.23. The number of nitrogens with zero attached hydrogens (tertiary/aromatic N) is 2. The molecule has 0 spiro atoms. The molecule has 1 fully saturated rings. The third-order valence-electron chi connectivity index (χ3n) is 2.82. The van der Waals surface area contributed by atoms with Crippen molar-refractivity contribution in [3.05, 3.63) is 30.1 Å². The summed E-state index contributed by atoms with van der Waals surface area (Å²) in [5.41, 5.74) is 0.784. The Morgan fingerprint density at radius 1 is 1.47 bits per heavy atom. The summed E-state index contributed by atoms with van der Waals surface area (Å²) in [4.78, 5) is 3.88. The van der Waals surface area contributed by atoms with Crippen LogP contribution < -0.4 is 5.32 Å². The molecule has 0 aromatic carbocycles. The van der Waals surface area contributed by atoms with Crippen LogP contribution in [0.4, 0.5) is 0 Å². The average Bonchev–Trinajstić information content (AvgIpc) is 2.30. The summed E-state index contributed by atoms with van der Waals surface area (Å²) < 4.78 is 25.9. The molecule has 6 heteroatoms. The van der Waals surface area contributed by atoms with E-state index in [1.54, 1.807) is 28.8 Å². The minimum absolute atomic E-state index is 0.0578. The van der Waals surface area contributed by atoms with E-state index < -0.39 is 10.0 Å². The summed E-state index contributed by atoms with van der Waals surface area (Å²) in [6.45, 7) is 3.82. The lowest BCUT2D eigenvalue weighted by Gasteiger charge is -2.31. The van der Waals surface area contributed by atoms with E-state index in [1.807, 2.05) is 6.92 Å². The molecule has 0 aliphatic carbocycles. The van der Waals surface area contributed by atoms with E-state index in [0.29, 0.717) is 13.1 Å². The molecule has 1 saturated heterocycles. The van der Waals surface area contributed by atoms with Gasteiger partial charge in [-0.1, -0.05) is 0 Å². The van der Waals surface area contributed by atoms with Gasteiger partial charge in [-0.15, -0.1) is 0 Å². The largest absolute Gasteiger partial charge is 0.312 e. The first-order valence-electron chi connectivity index (χ1n) is 5.68. The Bertz CT molecular complexity index is 461. The topological polar surface area (TPSA) is 62.3 Å². The molecule has 94 valence electrons. The lowest BCUT2D eigenvalue weighted by molar-refractivity contribution is 0.310. The van der Waals surface area contributed by atoms with Crippen molar-refractivity contribution in [2.45, 2.75) is 18.7 Å². The minimum Gasteiger partial charge on any atom is -0.312 e. The Balaban J connectivity index is 2.08. The van der Waals surface area contributed by atoms with Crippen LogP contribution in [-0.2, 0) is 15.8 Å². The highest BCUT2D eigenvalue weighted by molar-refractivity contribution is 7.88. The predicted molar refractivity (Wildman–Crippen MR) is 65.9 cm³/mol. The van der Waals surface area contributed by atoms with Crippen LogP contribution in [0.3, 0.4) is 0 Å². The Kier molecular flexibility index (Phi) is 3.76. The standard InChI is InChI=1S/C11H17N3O2S/c1-10-8-14(7-6-13-10)17(15,16)9-11-2-4-12-5-3-11/h2-5,10,13H,6-9H2,1H3/t10-/m1/s1. The summed E-state index contributed by atoms with van der Waals surface area (Å²) >= 11 is 0. The molecule has 5 nitrogen and oxygen atoms in total. The number of piperazine rings is 1. The fraction of sp³-hybridized carbons (Fsp3) is 0.545. The van der Waals surface area contributed by atoms with Crippen molar-refractivity contribution in [2.24, 2.45) is 0 Å². The van der Waals surface area contributed by atoms with Crippen LogP contribution >= 0.6 is 0 Å². The van der Waals surface area contributed by atoms with Crippen molar-refractivity contribution in [3.63, 3.8) is 0 Å². The van der Waals surface area contributed by atoms with Gasteiger partial charge in [-0.3, -0.25) is 4.98 Å². The summed E-state index contributed by atoms with van der Waals surface area (Å²) in [5.74, 6) is 0.0578. The third-order valence-corrected chi connectivity index (χ3v) is 4.64. The SMILES string of the molecule is C[C@@H]1CN(S(=O)(=O)Cc2ccncc2)CCN1. The van der Waals surface area contributed by atoms with E-state index in [9.17, 15) is 8.42 Å². The number of hydrogen-bond donors (Lipinski definition) is 1. The Hall–Kier alpha value is -0.980. The van der Waals surface area contributed by atoms with Crippen LogP contribution in [0.25, 0.3) is 0 Å². The number of aromatic nitrogens is 1. The van der Waals surface area contributed by atoms with Crippen molar-refractivity contribution in [3.8, 4) is 0 Å². The van der Waals surface area contributed by atoms with Crippen molar-refractivity contribution < 1.29 is 8.42 Å². The third kappa shape index (κ3) is 3.24. The van der Waals surface area contributed by atoms with Gasteiger partial charge in [0.1, 0.15) is 0 Å². The second-order valence-corrected chi connectivity index (χ2v) is 6.29. The van der Waals surface area contributed by atoms with Crippen LogP contribution in [0.5, 0.6) is 0 Å². The summed E-state index contributed by atoms with van der Waals surface area (Å²) in [6.07, 6.45) is 3.23. The fourth-order valence-electron chi connectivity index (χ4n) is 1.93. The number of nitrogens with one attached hydrogen (secondary N) is 1. The quantitative estimate of drug-likeness (QED) is 0.838. The predicted octanol–water partition coefficient (Wildman–Crippen LogP) is 0.205. The zero-order valence-corrected chi connectivity index (χ0v) is 10.7. The van der Waals surface area contributed by atoms with Gasteiger partial charge in [0.2, 0.25) is 10.0 Å². The van der Waals surface area contributed by atoms with Crippen molar-refractivity contribution in [1.29, 1.82) is 0 Å². The van der Waals surface area contributed by atoms with Crippen molar-refractivity contribution in [1.82, 2.24) is 14.6 Å². The van der Waals surface area contributed by atoms with Crippen LogP contribution in [0.2, 0.25) is 0 Å². The van der Waals surface area contributed by atoms with E-state index in [-0.39, 0.29) is 11.8 Å². The van der Waals surface area contributed by atoms with Crippen molar-refractivity contribution in [2.75, 3.05) is 19.6 Å². The van der Waals surface area contributed by atoms with Gasteiger partial charge in [0, 0.05) is 38.1 Å². The van der Waals surface area contributed by atoms with Gasteiger partial charge in [-0.05, 0) is 24.6 Å². The first kappa shape index (κ1) is 12.5. The monoisotopic (exact) mass is 255 g/mol. The zero-order valence-electron chi connectivity index (χ0n) is 9.83. The number of rotatable bonds is 3. The maximum atomic E-state index is 12.2. The molecule has 0 amide bonds. The molecule has 2 rings (SSSR count). The lowest BCUT2D eigenvalue weighted by atomic mass is 10.3. The Labute approximate surface area is 102 Å². The molecule has 0 saturated carbocycles. The van der Waals surface area contributed by atoms with E-state index >= 15 is 0 Å². The van der Waals surface area contributed by atoms with E-state index in [0.717, 1.165) is 12.1 Å². The minimum atomic E-state index is -3.20. The average molecular weight is 255 g/mol. The van der Waals surface area contributed by atoms with E-state index in [1.165, 1.54) is 0 Å². The molecule has 1 aliphatic heterocycles. The van der Waals surface area contributed by atoms with E-state index in [2.05, 4.69) is 10.3 Å². The smallest absolute Gasteiger partial charge is 0.218 e. The van der Waals surface area contributed by atoms with Gasteiger partial charge in [0.15, 0.2) is 0 Å². The molecule has 1 N–H and O–H groups in total. The summed E-state index contributed by atoms with van der Waals surface area (Å²) in [7, 11) is -3.20. The first-order chi connectivity index (χ1) is 8.08. The second-order valence-electron chi connectivity index (χ2n) is 4.32. The summed E-state index contributed by atoms with van der Waals surface area (Å²) in [6, 6.07) is 3.70. The number of sulfonamides is 1. The molecule has 0 unspecified atom stereocenters. The molecular formula is C11H17N3O2S. The van der Waals surface area contributed by atoms with Crippen LogP contribution in [-0.4, -0.2) is 43.4 Å². The van der Waals surface area contributed by atoms with Crippen LogP contribution in [0.1, 0.15) is 12.5 Å². The maximum Gasteiger partial charge on any atom is 0.218 e. The van der Waals surface area contributed by atoms with Gasteiger partial charge in [0.25, 0.3) is 0 Å². The van der Waals surface area contributed by atoms with Gasteiger partial charge in [-0.2, -0.15) is 4.31 Å². The Morgan fingerprint density at radius 2 is 2.18 bits per heavy atom. The normalized spacial score (nSPS) is 22.5. The van der Waals surface area contributed by atoms with Gasteiger partial charge in [0.05, 0.1) is 5.75 Å². The molecule has 17 heavy (non-hydrogen) atoms. The molecule has 1 atom stereocenters.